The highest BCUT2D eigenvalue weighted by molar-refractivity contribution is 5.94. The molecule has 0 saturated carbocycles. The number of nitrogens with one attached hydrogen (secondary N) is 1. The lowest BCUT2D eigenvalue weighted by atomic mass is 10.1. The molecule has 0 aliphatic carbocycles. The summed E-state index contributed by atoms with van der Waals surface area (Å²) in [5.41, 5.74) is 6.79. The van der Waals surface area contributed by atoms with Gasteiger partial charge in [0.15, 0.2) is 0 Å². The van der Waals surface area contributed by atoms with Gasteiger partial charge in [-0.3, -0.25) is 4.79 Å². The molecule has 0 fully saturated rings. The second-order valence-corrected chi connectivity index (χ2v) is 4.54. The van der Waals surface area contributed by atoms with Crippen LogP contribution in [0.25, 0.3) is 0 Å². The molecule has 0 saturated heterocycles. The van der Waals surface area contributed by atoms with E-state index in [1.54, 1.807) is 18.3 Å². The van der Waals surface area contributed by atoms with Gasteiger partial charge < -0.3 is 15.6 Å². The zero-order valence-corrected chi connectivity index (χ0v) is 12.0. The lowest BCUT2D eigenvalue weighted by molar-refractivity contribution is 0.0954. The smallest absolute Gasteiger partial charge is 0.251 e. The highest BCUT2D eigenvalue weighted by Crippen LogP contribution is 2.03. The third kappa shape index (κ3) is 4.20. The van der Waals surface area contributed by atoms with Gasteiger partial charge in [0.25, 0.3) is 5.91 Å². The first-order valence-electron chi connectivity index (χ1n) is 6.74. The van der Waals surface area contributed by atoms with Crippen molar-refractivity contribution in [1.29, 1.82) is 0 Å². The summed E-state index contributed by atoms with van der Waals surface area (Å²) in [4.78, 5) is 16.2. The van der Waals surface area contributed by atoms with Crippen LogP contribution in [0.2, 0.25) is 0 Å². The highest BCUT2D eigenvalue weighted by atomic mass is 16.1. The Morgan fingerprint density at radius 1 is 1.38 bits per heavy atom. The van der Waals surface area contributed by atoms with Crippen LogP contribution >= 0.6 is 0 Å². The molecule has 21 heavy (non-hydrogen) atoms. The summed E-state index contributed by atoms with van der Waals surface area (Å²) in [5.74, 6) is 6.55. The van der Waals surface area contributed by atoms with E-state index in [1.807, 2.05) is 29.9 Å². The summed E-state index contributed by atoms with van der Waals surface area (Å²) in [6, 6.07) is 7.15. The summed E-state index contributed by atoms with van der Waals surface area (Å²) < 4.78 is 1.94. The molecule has 108 valence electrons. The first-order valence-corrected chi connectivity index (χ1v) is 6.74. The predicted molar refractivity (Wildman–Crippen MR) is 81.6 cm³/mol. The van der Waals surface area contributed by atoms with Crippen LogP contribution < -0.4 is 11.1 Å². The van der Waals surface area contributed by atoms with E-state index >= 15 is 0 Å². The van der Waals surface area contributed by atoms with Crippen LogP contribution in [0.1, 0.15) is 21.7 Å². The summed E-state index contributed by atoms with van der Waals surface area (Å²) >= 11 is 0. The molecule has 2 rings (SSSR count). The van der Waals surface area contributed by atoms with Crippen LogP contribution in [0.4, 0.5) is 0 Å². The highest BCUT2D eigenvalue weighted by Gasteiger charge is 2.05. The van der Waals surface area contributed by atoms with E-state index in [2.05, 4.69) is 22.1 Å². The Labute approximate surface area is 124 Å². The molecule has 0 bridgehead atoms. The number of nitrogens with two attached hydrogens (primary N) is 1. The van der Waals surface area contributed by atoms with Gasteiger partial charge >= 0.3 is 0 Å². The number of aryl methyl sites for hydroxylation is 1. The van der Waals surface area contributed by atoms with E-state index in [1.165, 1.54) is 0 Å². The van der Waals surface area contributed by atoms with Crippen molar-refractivity contribution in [3.63, 3.8) is 0 Å². The molecular weight excluding hydrogens is 264 g/mol. The topological polar surface area (TPSA) is 72.9 Å². The summed E-state index contributed by atoms with van der Waals surface area (Å²) in [6.45, 7) is 0.883. The van der Waals surface area contributed by atoms with Crippen molar-refractivity contribution in [2.75, 3.05) is 13.1 Å². The minimum Gasteiger partial charge on any atom is -0.352 e. The third-order valence-electron chi connectivity index (χ3n) is 3.04. The minimum absolute atomic E-state index is 0.0949. The number of benzene rings is 1. The standard InChI is InChI=1S/C16H18N4O/c1-20-12-11-18-15(20)8-10-19-16(21)14-6-4-13(5-7-14)3-2-9-17/h4-7,11-12H,8-10,17H2,1H3,(H,19,21). The van der Waals surface area contributed by atoms with Crippen LogP contribution in [-0.2, 0) is 13.5 Å². The van der Waals surface area contributed by atoms with E-state index < -0.39 is 0 Å². The first-order chi connectivity index (χ1) is 10.2. The van der Waals surface area contributed by atoms with Crippen LogP contribution in [0, 0.1) is 11.8 Å². The molecule has 5 heteroatoms. The van der Waals surface area contributed by atoms with Gasteiger partial charge in [0, 0.05) is 43.5 Å². The van der Waals surface area contributed by atoms with Crippen molar-refractivity contribution in [3.05, 3.63) is 53.6 Å². The fraction of sp³-hybridized carbons (Fsp3) is 0.250. The fourth-order valence-corrected chi connectivity index (χ4v) is 1.89. The van der Waals surface area contributed by atoms with E-state index in [0.29, 0.717) is 25.1 Å². The molecule has 0 aliphatic heterocycles. The summed E-state index contributed by atoms with van der Waals surface area (Å²) in [5, 5.41) is 2.88. The maximum Gasteiger partial charge on any atom is 0.251 e. The number of hydrogen-bond donors (Lipinski definition) is 2. The Kier molecular flexibility index (Phi) is 5.13. The number of rotatable bonds is 4. The van der Waals surface area contributed by atoms with Crippen molar-refractivity contribution < 1.29 is 4.79 Å². The van der Waals surface area contributed by atoms with Crippen molar-refractivity contribution in [2.45, 2.75) is 6.42 Å². The van der Waals surface area contributed by atoms with Gasteiger partial charge in [-0.05, 0) is 24.3 Å². The molecule has 1 amide bonds. The number of carbonyl (C=O) groups excluding carboxylic acids is 1. The Balaban J connectivity index is 1.87. The van der Waals surface area contributed by atoms with Gasteiger partial charge in [-0.25, -0.2) is 4.98 Å². The number of carbonyl (C=O) groups is 1. The van der Waals surface area contributed by atoms with Crippen LogP contribution in [0.15, 0.2) is 36.7 Å². The minimum atomic E-state index is -0.0949. The van der Waals surface area contributed by atoms with Gasteiger partial charge in [-0.1, -0.05) is 11.8 Å². The van der Waals surface area contributed by atoms with E-state index in [9.17, 15) is 4.79 Å². The molecule has 1 aromatic heterocycles. The lowest BCUT2D eigenvalue weighted by Gasteiger charge is -2.05. The second-order valence-electron chi connectivity index (χ2n) is 4.54. The third-order valence-corrected chi connectivity index (χ3v) is 3.04. The summed E-state index contributed by atoms with van der Waals surface area (Å²) in [7, 11) is 1.94. The molecule has 2 aromatic rings. The van der Waals surface area contributed by atoms with Gasteiger partial charge in [-0.15, -0.1) is 0 Å². The molecule has 1 heterocycles. The first kappa shape index (κ1) is 14.8. The average molecular weight is 282 g/mol. The van der Waals surface area contributed by atoms with Crippen molar-refractivity contribution in [3.8, 4) is 11.8 Å². The number of amides is 1. The van der Waals surface area contributed by atoms with Crippen molar-refractivity contribution in [1.82, 2.24) is 14.9 Å². The lowest BCUT2D eigenvalue weighted by Crippen LogP contribution is -2.26. The van der Waals surface area contributed by atoms with Gasteiger partial charge in [0.1, 0.15) is 5.82 Å². The quantitative estimate of drug-likeness (QED) is 0.811. The Morgan fingerprint density at radius 3 is 2.76 bits per heavy atom. The molecule has 0 atom stereocenters. The number of aromatic nitrogens is 2. The monoisotopic (exact) mass is 282 g/mol. The number of imidazole rings is 1. The van der Waals surface area contributed by atoms with E-state index in [0.717, 1.165) is 11.4 Å². The molecule has 0 unspecified atom stereocenters. The summed E-state index contributed by atoms with van der Waals surface area (Å²) in [6.07, 6.45) is 4.34. The maximum atomic E-state index is 12.0. The van der Waals surface area contributed by atoms with Gasteiger partial charge in [0.2, 0.25) is 0 Å². The van der Waals surface area contributed by atoms with Gasteiger partial charge in [0.05, 0.1) is 6.54 Å². The van der Waals surface area contributed by atoms with Crippen molar-refractivity contribution >= 4 is 5.91 Å². The molecule has 0 aliphatic rings. The van der Waals surface area contributed by atoms with Gasteiger partial charge in [-0.2, -0.15) is 0 Å². The average Bonchev–Trinajstić information content (AvgIpc) is 2.91. The largest absolute Gasteiger partial charge is 0.352 e. The Hall–Kier alpha value is -2.58. The SMILES string of the molecule is Cn1ccnc1CCNC(=O)c1ccc(C#CCN)cc1. The van der Waals surface area contributed by atoms with Crippen LogP contribution in [0.3, 0.4) is 0 Å². The normalized spacial score (nSPS) is 9.81. The van der Waals surface area contributed by atoms with Crippen molar-refractivity contribution in [2.24, 2.45) is 12.8 Å². The Bertz CT molecular complexity index is 662. The van der Waals surface area contributed by atoms with Crippen LogP contribution in [-0.4, -0.2) is 28.5 Å². The molecule has 1 aromatic carbocycles. The molecule has 3 N–H and O–H groups in total. The molecule has 5 nitrogen and oxygen atoms in total. The number of nitrogens with zero attached hydrogens (tertiary/aromatic N) is 2. The molecule has 0 radical (unpaired) electrons. The van der Waals surface area contributed by atoms with Crippen LogP contribution in [0.5, 0.6) is 0 Å². The molecule has 0 spiro atoms. The predicted octanol–water partition coefficient (Wildman–Crippen LogP) is 0.703. The number of hydrogen-bond acceptors (Lipinski definition) is 3. The Morgan fingerprint density at radius 2 is 2.14 bits per heavy atom. The maximum absolute atomic E-state index is 12.0. The van der Waals surface area contributed by atoms with E-state index in [-0.39, 0.29) is 5.91 Å². The van der Waals surface area contributed by atoms with E-state index in [4.69, 9.17) is 5.73 Å². The zero-order valence-electron chi connectivity index (χ0n) is 12.0. The zero-order chi connectivity index (χ0) is 15.1. The fourth-order valence-electron chi connectivity index (χ4n) is 1.89. The second kappa shape index (κ2) is 7.27. The molecular formula is C16H18N4O.